The zero-order valence-corrected chi connectivity index (χ0v) is 8.23. The van der Waals surface area contributed by atoms with Gasteiger partial charge in [-0.1, -0.05) is 23.8 Å². The summed E-state index contributed by atoms with van der Waals surface area (Å²) in [4.78, 5) is 10.6. The first-order valence-electron chi connectivity index (χ1n) is 4.89. The molecule has 0 saturated heterocycles. The van der Waals surface area contributed by atoms with Gasteiger partial charge in [-0.15, -0.1) is 0 Å². The van der Waals surface area contributed by atoms with Crippen molar-refractivity contribution in [2.75, 3.05) is 0 Å². The Labute approximate surface area is 87.7 Å². The van der Waals surface area contributed by atoms with Crippen molar-refractivity contribution < 1.29 is 15.0 Å². The Balaban J connectivity index is 2.33. The van der Waals surface area contributed by atoms with E-state index in [2.05, 4.69) is 0 Å². The normalized spacial score (nSPS) is 14.3. The quantitative estimate of drug-likeness (QED) is 0.776. The first-order valence-corrected chi connectivity index (χ1v) is 4.89. The molecular formula is C12H12O3. The second-order valence-electron chi connectivity index (χ2n) is 3.72. The molecule has 2 rings (SSSR count). The smallest absolute Gasteiger partial charge is 0.307 e. The van der Waals surface area contributed by atoms with Crippen molar-refractivity contribution >= 4 is 12.0 Å². The van der Waals surface area contributed by atoms with Crippen LogP contribution in [0.2, 0.25) is 0 Å². The third kappa shape index (κ3) is 2.01. The summed E-state index contributed by atoms with van der Waals surface area (Å²) < 4.78 is 0. The Morgan fingerprint density at radius 3 is 2.87 bits per heavy atom. The number of hydrogen-bond acceptors (Lipinski definition) is 2. The van der Waals surface area contributed by atoms with Crippen molar-refractivity contribution in [3.8, 4) is 5.75 Å². The number of carbonyl (C=O) groups is 1. The lowest BCUT2D eigenvalue weighted by Gasteiger charge is -2.16. The van der Waals surface area contributed by atoms with Crippen LogP contribution in [0.3, 0.4) is 0 Å². The Bertz CT molecular complexity index is 432. The molecule has 3 nitrogen and oxygen atoms in total. The van der Waals surface area contributed by atoms with E-state index in [-0.39, 0.29) is 6.42 Å². The van der Waals surface area contributed by atoms with Crippen LogP contribution in [-0.4, -0.2) is 16.2 Å². The number of benzene rings is 1. The summed E-state index contributed by atoms with van der Waals surface area (Å²) in [6, 6.07) is 5.33. The molecule has 2 N–H and O–H groups in total. The number of aliphatic carboxylic acids is 1. The Hall–Kier alpha value is -1.77. The number of phenols is 1. The highest BCUT2D eigenvalue weighted by molar-refractivity contribution is 5.74. The van der Waals surface area contributed by atoms with Gasteiger partial charge in [0.25, 0.3) is 0 Å². The van der Waals surface area contributed by atoms with Gasteiger partial charge in [0.05, 0.1) is 6.42 Å². The molecule has 0 aromatic heterocycles. The molecule has 0 saturated carbocycles. The van der Waals surface area contributed by atoms with Crippen LogP contribution in [0.5, 0.6) is 5.75 Å². The number of hydrogen-bond donors (Lipinski definition) is 2. The summed E-state index contributed by atoms with van der Waals surface area (Å²) in [5, 5.41) is 18.3. The van der Waals surface area contributed by atoms with E-state index in [9.17, 15) is 9.90 Å². The largest absolute Gasteiger partial charge is 0.508 e. The predicted octanol–water partition coefficient (Wildman–Crippen LogP) is 2.20. The first-order chi connectivity index (χ1) is 7.16. The molecule has 0 spiro atoms. The second kappa shape index (κ2) is 3.77. The van der Waals surface area contributed by atoms with E-state index in [4.69, 9.17) is 5.11 Å². The van der Waals surface area contributed by atoms with E-state index in [0.29, 0.717) is 5.75 Å². The molecular weight excluding hydrogens is 192 g/mol. The first kappa shape index (κ1) is 9.77. The molecule has 78 valence electrons. The van der Waals surface area contributed by atoms with E-state index in [1.165, 1.54) is 0 Å². The van der Waals surface area contributed by atoms with Crippen molar-refractivity contribution in [3.05, 3.63) is 34.9 Å². The third-order valence-electron chi connectivity index (χ3n) is 2.62. The van der Waals surface area contributed by atoms with Crippen LogP contribution in [0, 0.1) is 0 Å². The monoisotopic (exact) mass is 204 g/mol. The highest BCUT2D eigenvalue weighted by Gasteiger charge is 2.14. The number of carboxylic acid groups (broad SMARTS) is 1. The number of rotatable bonds is 2. The van der Waals surface area contributed by atoms with Gasteiger partial charge >= 0.3 is 5.97 Å². The number of fused-ring (bicyclic) bond motifs is 1. The summed E-state index contributed by atoms with van der Waals surface area (Å²) >= 11 is 0. The fraction of sp³-hybridized carbons (Fsp3) is 0.250. The van der Waals surface area contributed by atoms with E-state index in [1.807, 2.05) is 12.1 Å². The van der Waals surface area contributed by atoms with Crippen LogP contribution in [0.25, 0.3) is 6.08 Å². The van der Waals surface area contributed by atoms with Crippen molar-refractivity contribution in [3.63, 3.8) is 0 Å². The number of carboxylic acids is 1. The molecule has 1 aliphatic carbocycles. The molecule has 0 unspecified atom stereocenters. The highest BCUT2D eigenvalue weighted by Crippen LogP contribution is 2.31. The molecule has 0 amide bonds. The Morgan fingerprint density at radius 2 is 2.13 bits per heavy atom. The van der Waals surface area contributed by atoms with Crippen molar-refractivity contribution in [1.82, 2.24) is 0 Å². The van der Waals surface area contributed by atoms with Crippen molar-refractivity contribution in [1.29, 1.82) is 0 Å². The zero-order chi connectivity index (χ0) is 10.8. The summed E-state index contributed by atoms with van der Waals surface area (Å²) in [5.74, 6) is -0.497. The average Bonchev–Trinajstić information content (AvgIpc) is 2.17. The molecule has 1 aliphatic rings. The maximum atomic E-state index is 10.6. The fourth-order valence-corrected chi connectivity index (χ4v) is 1.91. The van der Waals surface area contributed by atoms with Gasteiger partial charge in [0, 0.05) is 5.56 Å². The molecule has 15 heavy (non-hydrogen) atoms. The molecule has 0 bridgehead atoms. The number of phenolic OH excluding ortho intramolecular Hbond substituents is 1. The lowest BCUT2D eigenvalue weighted by molar-refractivity contribution is -0.136. The maximum Gasteiger partial charge on any atom is 0.307 e. The van der Waals surface area contributed by atoms with Gasteiger partial charge in [0.15, 0.2) is 0 Å². The standard InChI is InChI=1S/C12H12O3/c13-11-3-1-2-9-6-8(7-12(14)15)4-5-10(9)11/h1-3,6,13H,4-5,7H2,(H,14,15). The summed E-state index contributed by atoms with van der Waals surface area (Å²) in [6.07, 6.45) is 3.40. The van der Waals surface area contributed by atoms with Gasteiger partial charge < -0.3 is 10.2 Å². The van der Waals surface area contributed by atoms with Crippen molar-refractivity contribution in [2.45, 2.75) is 19.3 Å². The molecule has 0 radical (unpaired) electrons. The van der Waals surface area contributed by atoms with Gasteiger partial charge in [-0.25, -0.2) is 0 Å². The Kier molecular flexibility index (Phi) is 2.46. The second-order valence-corrected chi connectivity index (χ2v) is 3.72. The third-order valence-corrected chi connectivity index (χ3v) is 2.62. The maximum absolute atomic E-state index is 10.6. The summed E-state index contributed by atoms with van der Waals surface area (Å²) in [7, 11) is 0. The highest BCUT2D eigenvalue weighted by atomic mass is 16.4. The van der Waals surface area contributed by atoms with E-state index in [1.54, 1.807) is 12.1 Å². The van der Waals surface area contributed by atoms with Gasteiger partial charge in [0.2, 0.25) is 0 Å². The van der Waals surface area contributed by atoms with E-state index in [0.717, 1.165) is 29.5 Å². The molecule has 0 atom stereocenters. The SMILES string of the molecule is O=C(O)CC1=Cc2cccc(O)c2CC1. The summed E-state index contributed by atoms with van der Waals surface area (Å²) in [5.41, 5.74) is 2.78. The van der Waals surface area contributed by atoms with Crippen molar-refractivity contribution in [2.24, 2.45) is 0 Å². The molecule has 0 heterocycles. The lowest BCUT2D eigenvalue weighted by Crippen LogP contribution is -2.04. The van der Waals surface area contributed by atoms with E-state index < -0.39 is 5.97 Å². The minimum atomic E-state index is -0.801. The fourth-order valence-electron chi connectivity index (χ4n) is 1.91. The van der Waals surface area contributed by atoms with Gasteiger partial charge in [0.1, 0.15) is 5.75 Å². The number of aromatic hydroxyl groups is 1. The van der Waals surface area contributed by atoms with Crippen LogP contribution >= 0.6 is 0 Å². The molecule has 0 fully saturated rings. The minimum absolute atomic E-state index is 0.0924. The zero-order valence-electron chi connectivity index (χ0n) is 8.23. The van der Waals surface area contributed by atoms with Crippen LogP contribution in [0.15, 0.2) is 23.8 Å². The van der Waals surface area contributed by atoms with Crippen LogP contribution in [-0.2, 0) is 11.2 Å². The average molecular weight is 204 g/mol. The molecule has 1 aromatic carbocycles. The van der Waals surface area contributed by atoms with Crippen LogP contribution in [0.4, 0.5) is 0 Å². The Morgan fingerprint density at radius 1 is 1.33 bits per heavy atom. The van der Waals surface area contributed by atoms with E-state index >= 15 is 0 Å². The van der Waals surface area contributed by atoms with Crippen LogP contribution in [0.1, 0.15) is 24.0 Å². The minimum Gasteiger partial charge on any atom is -0.508 e. The predicted molar refractivity (Wildman–Crippen MR) is 56.7 cm³/mol. The molecule has 3 heteroatoms. The van der Waals surface area contributed by atoms with Gasteiger partial charge in [-0.05, 0) is 24.5 Å². The van der Waals surface area contributed by atoms with Crippen LogP contribution < -0.4 is 0 Å². The van der Waals surface area contributed by atoms with Gasteiger partial charge in [-0.3, -0.25) is 4.79 Å². The summed E-state index contributed by atoms with van der Waals surface area (Å²) in [6.45, 7) is 0. The topological polar surface area (TPSA) is 57.5 Å². The van der Waals surface area contributed by atoms with Gasteiger partial charge in [-0.2, -0.15) is 0 Å². The lowest BCUT2D eigenvalue weighted by atomic mass is 9.90. The molecule has 1 aromatic rings. The molecule has 0 aliphatic heterocycles.